The van der Waals surface area contributed by atoms with Gasteiger partial charge >= 0.3 is 0 Å². The number of likely N-dealkylation sites (N-methyl/N-ethyl adjacent to an activating group) is 1. The van der Waals surface area contributed by atoms with Crippen LogP contribution in [0.5, 0.6) is 0 Å². The molecule has 146 valence electrons. The molecule has 0 aliphatic carbocycles. The average molecular weight is 372 g/mol. The SMILES string of the molecule is CCc1noc(CN(C)C(=O)C(C)NC(=O)c2ccc(C(C)(C)C)cc2)n1. The maximum atomic E-state index is 12.5. The van der Waals surface area contributed by atoms with Crippen LogP contribution in [0.1, 0.15) is 62.3 Å². The van der Waals surface area contributed by atoms with Crippen molar-refractivity contribution in [3.63, 3.8) is 0 Å². The van der Waals surface area contributed by atoms with Crippen molar-refractivity contribution in [3.05, 3.63) is 47.1 Å². The first kappa shape index (κ1) is 20.6. The molecule has 0 saturated carbocycles. The van der Waals surface area contributed by atoms with Crippen LogP contribution in [0.4, 0.5) is 0 Å². The third-order valence-corrected chi connectivity index (χ3v) is 4.31. The number of carbonyl (C=O) groups excluding carboxylic acids is 2. The second-order valence-electron chi connectivity index (χ2n) is 7.67. The number of rotatable bonds is 6. The first-order chi connectivity index (χ1) is 12.6. The molecule has 0 fully saturated rings. The molecule has 2 amide bonds. The lowest BCUT2D eigenvalue weighted by Crippen LogP contribution is -2.45. The molecule has 2 rings (SSSR count). The van der Waals surface area contributed by atoms with Crippen molar-refractivity contribution >= 4 is 11.8 Å². The average Bonchev–Trinajstić information content (AvgIpc) is 3.07. The lowest BCUT2D eigenvalue weighted by Gasteiger charge is -2.21. The summed E-state index contributed by atoms with van der Waals surface area (Å²) in [5, 5.41) is 6.55. The Hall–Kier alpha value is -2.70. The van der Waals surface area contributed by atoms with Crippen LogP contribution in [-0.4, -0.2) is 39.9 Å². The van der Waals surface area contributed by atoms with E-state index < -0.39 is 6.04 Å². The predicted molar refractivity (Wildman–Crippen MR) is 102 cm³/mol. The Balaban J connectivity index is 1.95. The highest BCUT2D eigenvalue weighted by Crippen LogP contribution is 2.22. The van der Waals surface area contributed by atoms with Gasteiger partial charge in [-0.2, -0.15) is 4.98 Å². The van der Waals surface area contributed by atoms with Crippen molar-refractivity contribution in [1.82, 2.24) is 20.4 Å². The highest BCUT2D eigenvalue weighted by Gasteiger charge is 2.22. The van der Waals surface area contributed by atoms with E-state index in [4.69, 9.17) is 4.52 Å². The van der Waals surface area contributed by atoms with Gasteiger partial charge in [0.1, 0.15) is 6.04 Å². The largest absolute Gasteiger partial charge is 0.341 e. The zero-order valence-electron chi connectivity index (χ0n) is 16.9. The number of benzene rings is 1. The molecule has 1 aromatic heterocycles. The summed E-state index contributed by atoms with van der Waals surface area (Å²) in [5.74, 6) is 0.464. The minimum atomic E-state index is -0.668. The first-order valence-corrected chi connectivity index (χ1v) is 9.09. The number of hydrogen-bond acceptors (Lipinski definition) is 5. The van der Waals surface area contributed by atoms with Gasteiger partial charge in [-0.1, -0.05) is 45.0 Å². The zero-order valence-corrected chi connectivity index (χ0v) is 16.9. The van der Waals surface area contributed by atoms with Gasteiger partial charge < -0.3 is 14.7 Å². The Bertz CT molecular complexity index is 790. The molecule has 7 heteroatoms. The van der Waals surface area contributed by atoms with Crippen molar-refractivity contribution in [2.75, 3.05) is 7.05 Å². The van der Waals surface area contributed by atoms with E-state index in [1.54, 1.807) is 26.1 Å². The minimum Gasteiger partial charge on any atom is -0.341 e. The van der Waals surface area contributed by atoms with Gasteiger partial charge in [-0.25, -0.2) is 0 Å². The van der Waals surface area contributed by atoms with Crippen LogP contribution in [0.25, 0.3) is 0 Å². The van der Waals surface area contributed by atoms with Gasteiger partial charge in [0.2, 0.25) is 11.8 Å². The van der Waals surface area contributed by atoms with Crippen LogP contribution < -0.4 is 5.32 Å². The maximum Gasteiger partial charge on any atom is 0.251 e. The summed E-state index contributed by atoms with van der Waals surface area (Å²) in [4.78, 5) is 30.6. The van der Waals surface area contributed by atoms with Crippen LogP contribution in [0.2, 0.25) is 0 Å². The first-order valence-electron chi connectivity index (χ1n) is 9.09. The summed E-state index contributed by atoms with van der Waals surface area (Å²) in [6, 6.07) is 6.77. The van der Waals surface area contributed by atoms with E-state index in [-0.39, 0.29) is 23.8 Å². The Morgan fingerprint density at radius 3 is 2.37 bits per heavy atom. The summed E-state index contributed by atoms with van der Waals surface area (Å²) < 4.78 is 5.10. The van der Waals surface area contributed by atoms with Crippen LogP contribution >= 0.6 is 0 Å². The smallest absolute Gasteiger partial charge is 0.251 e. The molecule has 1 aromatic carbocycles. The zero-order chi connectivity index (χ0) is 20.2. The third kappa shape index (κ3) is 5.39. The molecule has 1 unspecified atom stereocenters. The van der Waals surface area contributed by atoms with Crippen LogP contribution in [0.3, 0.4) is 0 Å². The molecule has 0 saturated heterocycles. The summed E-state index contributed by atoms with van der Waals surface area (Å²) >= 11 is 0. The lowest BCUT2D eigenvalue weighted by molar-refractivity contribution is -0.132. The van der Waals surface area contributed by atoms with Gasteiger partial charge in [0, 0.05) is 19.0 Å². The molecule has 7 nitrogen and oxygen atoms in total. The number of carbonyl (C=O) groups is 2. The predicted octanol–water partition coefficient (Wildman–Crippen LogP) is 2.71. The van der Waals surface area contributed by atoms with Gasteiger partial charge in [-0.3, -0.25) is 9.59 Å². The van der Waals surface area contributed by atoms with Crippen molar-refractivity contribution in [2.45, 2.75) is 59.0 Å². The van der Waals surface area contributed by atoms with Crippen LogP contribution in [0, 0.1) is 0 Å². The van der Waals surface area contributed by atoms with E-state index >= 15 is 0 Å². The second-order valence-corrected chi connectivity index (χ2v) is 7.67. The van der Waals surface area contributed by atoms with Crippen LogP contribution in [0.15, 0.2) is 28.8 Å². The van der Waals surface area contributed by atoms with E-state index in [0.29, 0.717) is 23.7 Å². The Labute approximate surface area is 160 Å². The Kier molecular flexibility index (Phi) is 6.36. The normalized spacial score (nSPS) is 12.5. The summed E-state index contributed by atoms with van der Waals surface area (Å²) in [6.45, 7) is 10.1. The Morgan fingerprint density at radius 2 is 1.85 bits per heavy atom. The van der Waals surface area contributed by atoms with E-state index in [2.05, 4.69) is 36.2 Å². The van der Waals surface area contributed by atoms with Gasteiger partial charge in [0.05, 0.1) is 6.54 Å². The van der Waals surface area contributed by atoms with Crippen molar-refractivity contribution < 1.29 is 14.1 Å². The van der Waals surface area contributed by atoms with E-state index in [0.717, 1.165) is 5.56 Å². The summed E-state index contributed by atoms with van der Waals surface area (Å²) in [6.07, 6.45) is 0.668. The third-order valence-electron chi connectivity index (χ3n) is 4.31. The summed E-state index contributed by atoms with van der Waals surface area (Å²) in [5.41, 5.74) is 1.69. The molecule has 27 heavy (non-hydrogen) atoms. The fourth-order valence-corrected chi connectivity index (χ4v) is 2.57. The number of aryl methyl sites for hydroxylation is 1. The minimum absolute atomic E-state index is 0.0212. The van der Waals surface area contributed by atoms with E-state index in [1.165, 1.54) is 4.90 Å². The molecule has 0 aliphatic rings. The molecule has 2 aromatic rings. The highest BCUT2D eigenvalue weighted by molar-refractivity contribution is 5.97. The summed E-state index contributed by atoms with van der Waals surface area (Å²) in [7, 11) is 1.64. The molecule has 0 spiro atoms. The fourth-order valence-electron chi connectivity index (χ4n) is 2.57. The molecular formula is C20H28N4O3. The quantitative estimate of drug-likeness (QED) is 0.842. The van der Waals surface area contributed by atoms with Crippen molar-refractivity contribution in [2.24, 2.45) is 0 Å². The highest BCUT2D eigenvalue weighted by atomic mass is 16.5. The van der Waals surface area contributed by atoms with Gasteiger partial charge in [-0.15, -0.1) is 0 Å². The number of amides is 2. The lowest BCUT2D eigenvalue weighted by atomic mass is 9.86. The van der Waals surface area contributed by atoms with E-state index in [1.807, 2.05) is 19.1 Å². The monoisotopic (exact) mass is 372 g/mol. The molecule has 0 bridgehead atoms. The van der Waals surface area contributed by atoms with Gasteiger partial charge in [0.15, 0.2) is 5.82 Å². The molecule has 0 radical (unpaired) electrons. The Morgan fingerprint density at radius 1 is 1.22 bits per heavy atom. The molecule has 0 aliphatic heterocycles. The standard InChI is InChI=1S/C20H28N4O3/c1-7-16-22-17(27-23-16)12-24(6)19(26)13(2)21-18(25)14-8-10-15(11-9-14)20(3,4)5/h8-11,13H,7,12H2,1-6H3,(H,21,25). The molecule has 1 N–H and O–H groups in total. The number of nitrogens with zero attached hydrogens (tertiary/aromatic N) is 3. The maximum absolute atomic E-state index is 12.5. The number of hydrogen-bond donors (Lipinski definition) is 1. The van der Waals surface area contributed by atoms with Crippen molar-refractivity contribution in [3.8, 4) is 0 Å². The van der Waals surface area contributed by atoms with Crippen LogP contribution in [-0.2, 0) is 23.2 Å². The molecule has 1 heterocycles. The second kappa shape index (κ2) is 8.33. The fraction of sp³-hybridized carbons (Fsp3) is 0.500. The van der Waals surface area contributed by atoms with Gasteiger partial charge in [0.25, 0.3) is 5.91 Å². The van der Waals surface area contributed by atoms with Crippen molar-refractivity contribution in [1.29, 1.82) is 0 Å². The molecular weight excluding hydrogens is 344 g/mol. The topological polar surface area (TPSA) is 88.3 Å². The number of aromatic nitrogens is 2. The molecule has 1 atom stereocenters. The number of nitrogens with one attached hydrogen (secondary N) is 1. The van der Waals surface area contributed by atoms with E-state index in [9.17, 15) is 9.59 Å². The van der Waals surface area contributed by atoms with Gasteiger partial charge in [-0.05, 0) is 30.0 Å².